The number of carbonyl (C=O) groups is 3. The van der Waals surface area contributed by atoms with Crippen LogP contribution in [0.1, 0.15) is 40.5 Å². The zero-order chi connectivity index (χ0) is 22.4. The molecule has 0 radical (unpaired) electrons. The molecule has 12 nitrogen and oxygen atoms in total. The Morgan fingerprint density at radius 3 is 2.38 bits per heavy atom. The van der Waals surface area contributed by atoms with Gasteiger partial charge in [-0.2, -0.15) is 0 Å². The van der Waals surface area contributed by atoms with Crippen LogP contribution in [-0.4, -0.2) is 58.8 Å². The number of hydrogen-bond donors (Lipinski definition) is 3. The summed E-state index contributed by atoms with van der Waals surface area (Å²) in [4.78, 5) is 50.0. The molecule has 1 fully saturated rings. The standard InChI is InChI=1S/C17H27N5O7/c1-16(2,15(25)29-21-13(23)5-6-14(21)24)10-28-17(3,4)9-20-8-11(18)7-12(19)22(26)27/h7,18,20H,5-6,8-10,19H2,1-4H3/b12-7+,18-11?. The molecule has 0 aromatic carbocycles. The number of imide groups is 1. The molecule has 0 saturated carbocycles. The van der Waals surface area contributed by atoms with Crippen molar-refractivity contribution in [3.63, 3.8) is 0 Å². The third-order valence-corrected chi connectivity index (χ3v) is 3.96. The third-order valence-electron chi connectivity index (χ3n) is 3.96. The minimum Gasteiger partial charge on any atom is -0.373 e. The van der Waals surface area contributed by atoms with Gasteiger partial charge in [0.1, 0.15) is 0 Å². The van der Waals surface area contributed by atoms with Crippen LogP contribution in [0.25, 0.3) is 0 Å². The Labute approximate surface area is 168 Å². The predicted molar refractivity (Wildman–Crippen MR) is 101 cm³/mol. The first-order valence-corrected chi connectivity index (χ1v) is 8.87. The molecule has 162 valence electrons. The van der Waals surface area contributed by atoms with Gasteiger partial charge in [-0.3, -0.25) is 15.3 Å². The first kappa shape index (κ1) is 24.2. The van der Waals surface area contributed by atoms with E-state index in [2.05, 4.69) is 5.32 Å². The maximum Gasteiger partial charge on any atom is 0.341 e. The zero-order valence-corrected chi connectivity index (χ0v) is 16.9. The summed E-state index contributed by atoms with van der Waals surface area (Å²) in [5, 5.41) is 21.5. The van der Waals surface area contributed by atoms with Gasteiger partial charge in [-0.25, -0.2) is 4.79 Å². The van der Waals surface area contributed by atoms with Crippen LogP contribution < -0.4 is 11.1 Å². The number of nitrogens with one attached hydrogen (secondary N) is 2. The molecule has 1 aliphatic rings. The van der Waals surface area contributed by atoms with E-state index >= 15 is 0 Å². The van der Waals surface area contributed by atoms with Crippen molar-refractivity contribution in [1.82, 2.24) is 10.4 Å². The molecule has 1 rings (SSSR count). The highest BCUT2D eigenvalue weighted by Crippen LogP contribution is 2.23. The second kappa shape index (κ2) is 9.56. The van der Waals surface area contributed by atoms with Gasteiger partial charge in [0.25, 0.3) is 11.8 Å². The molecule has 0 aromatic rings. The number of rotatable bonds is 11. The Hall–Kier alpha value is -2.86. The molecule has 0 aliphatic carbocycles. The smallest absolute Gasteiger partial charge is 0.341 e. The largest absolute Gasteiger partial charge is 0.373 e. The molecule has 1 saturated heterocycles. The average molecular weight is 413 g/mol. The summed E-state index contributed by atoms with van der Waals surface area (Å²) in [6.07, 6.45) is 0.972. The highest BCUT2D eigenvalue weighted by molar-refractivity contribution is 6.01. The second-order valence-electron chi connectivity index (χ2n) is 7.85. The van der Waals surface area contributed by atoms with Crippen molar-refractivity contribution in [2.45, 2.75) is 46.1 Å². The maximum absolute atomic E-state index is 12.3. The molecule has 0 atom stereocenters. The first-order valence-electron chi connectivity index (χ1n) is 8.87. The zero-order valence-electron chi connectivity index (χ0n) is 16.9. The summed E-state index contributed by atoms with van der Waals surface area (Å²) in [5.74, 6) is -2.51. The van der Waals surface area contributed by atoms with E-state index < -0.39 is 39.5 Å². The number of amides is 2. The number of ether oxygens (including phenoxy) is 1. The van der Waals surface area contributed by atoms with E-state index in [1.807, 2.05) is 0 Å². The van der Waals surface area contributed by atoms with Crippen molar-refractivity contribution >= 4 is 23.5 Å². The van der Waals surface area contributed by atoms with Crippen LogP contribution in [0.2, 0.25) is 0 Å². The monoisotopic (exact) mass is 413 g/mol. The molecule has 4 N–H and O–H groups in total. The van der Waals surface area contributed by atoms with Crippen molar-refractivity contribution in [2.24, 2.45) is 11.1 Å². The number of nitrogens with zero attached hydrogens (tertiary/aromatic N) is 2. The SMILES string of the molecule is CC(C)(CNCC(=N)/C=C(\N)[N+](=O)[O-])OCC(C)(C)C(=O)ON1C(=O)CCC1=O. The van der Waals surface area contributed by atoms with Crippen LogP contribution in [0.3, 0.4) is 0 Å². The minimum absolute atomic E-state index is 0.0131. The highest BCUT2D eigenvalue weighted by Gasteiger charge is 2.39. The lowest BCUT2D eigenvalue weighted by molar-refractivity contribution is -0.426. The fourth-order valence-corrected chi connectivity index (χ4v) is 2.13. The number of hydrogen-bond acceptors (Lipinski definition) is 10. The van der Waals surface area contributed by atoms with Gasteiger partial charge in [-0.15, -0.1) is 5.06 Å². The predicted octanol–water partition coefficient (Wildman–Crippen LogP) is 0.101. The van der Waals surface area contributed by atoms with E-state index in [0.29, 0.717) is 5.06 Å². The normalized spacial score (nSPS) is 15.6. The van der Waals surface area contributed by atoms with Gasteiger partial charge >= 0.3 is 11.8 Å². The molecule has 0 unspecified atom stereocenters. The van der Waals surface area contributed by atoms with Crippen LogP contribution >= 0.6 is 0 Å². The molecule has 0 bridgehead atoms. The van der Waals surface area contributed by atoms with Gasteiger partial charge in [0.2, 0.25) is 0 Å². The minimum atomic E-state index is -1.13. The van der Waals surface area contributed by atoms with E-state index in [9.17, 15) is 24.5 Å². The average Bonchev–Trinajstić information content (AvgIpc) is 2.91. The van der Waals surface area contributed by atoms with Crippen LogP contribution in [0.4, 0.5) is 0 Å². The number of hydroxylamine groups is 2. The summed E-state index contributed by atoms with van der Waals surface area (Å²) in [7, 11) is 0. The Balaban J connectivity index is 2.50. The molecular formula is C17H27N5O7. The summed E-state index contributed by atoms with van der Waals surface area (Å²) >= 11 is 0. The fraction of sp³-hybridized carbons (Fsp3) is 0.647. The van der Waals surface area contributed by atoms with Gasteiger partial charge in [-0.05, 0) is 32.6 Å². The van der Waals surface area contributed by atoms with Crippen LogP contribution in [0.15, 0.2) is 11.9 Å². The lowest BCUT2D eigenvalue weighted by atomic mass is 9.95. The van der Waals surface area contributed by atoms with Gasteiger partial charge in [0, 0.05) is 25.9 Å². The van der Waals surface area contributed by atoms with Crippen LogP contribution in [0.5, 0.6) is 0 Å². The molecule has 1 heterocycles. The summed E-state index contributed by atoms with van der Waals surface area (Å²) in [6, 6.07) is 0. The Bertz CT molecular complexity index is 714. The van der Waals surface area contributed by atoms with E-state index in [1.54, 1.807) is 27.7 Å². The van der Waals surface area contributed by atoms with E-state index in [0.717, 1.165) is 6.08 Å². The number of nitrogens with two attached hydrogens (primary N) is 1. The molecule has 0 aromatic heterocycles. The Morgan fingerprint density at radius 2 is 1.86 bits per heavy atom. The first-order chi connectivity index (χ1) is 13.2. The summed E-state index contributed by atoms with van der Waals surface area (Å²) in [6.45, 7) is 6.87. The lowest BCUT2D eigenvalue weighted by Gasteiger charge is -2.31. The van der Waals surface area contributed by atoms with Crippen molar-refractivity contribution < 1.29 is 28.9 Å². The van der Waals surface area contributed by atoms with Gasteiger partial charge in [0.05, 0.1) is 29.4 Å². The topological polar surface area (TPSA) is 178 Å². The van der Waals surface area contributed by atoms with Crippen LogP contribution in [-0.2, 0) is 24.0 Å². The van der Waals surface area contributed by atoms with Gasteiger partial charge in [-0.1, -0.05) is 0 Å². The Morgan fingerprint density at radius 1 is 1.31 bits per heavy atom. The maximum atomic E-state index is 12.3. The fourth-order valence-electron chi connectivity index (χ4n) is 2.13. The van der Waals surface area contributed by atoms with Gasteiger partial charge < -0.3 is 30.4 Å². The van der Waals surface area contributed by atoms with E-state index in [-0.39, 0.29) is 38.2 Å². The van der Waals surface area contributed by atoms with E-state index in [1.165, 1.54) is 0 Å². The third kappa shape index (κ3) is 7.58. The second-order valence-corrected chi connectivity index (χ2v) is 7.85. The van der Waals surface area contributed by atoms with E-state index in [4.69, 9.17) is 20.7 Å². The number of nitro groups is 1. The van der Waals surface area contributed by atoms with Crippen molar-refractivity contribution in [3.8, 4) is 0 Å². The molecular weight excluding hydrogens is 386 g/mol. The summed E-state index contributed by atoms with van der Waals surface area (Å²) < 4.78 is 5.76. The molecule has 12 heteroatoms. The lowest BCUT2D eigenvalue weighted by Crippen LogP contribution is -2.44. The van der Waals surface area contributed by atoms with Crippen molar-refractivity contribution in [1.29, 1.82) is 5.41 Å². The van der Waals surface area contributed by atoms with Crippen molar-refractivity contribution in [2.75, 3.05) is 19.7 Å². The Kier molecular flexibility index (Phi) is 7.97. The number of carbonyl (C=O) groups excluding carboxylic acids is 3. The van der Waals surface area contributed by atoms with Gasteiger partial charge in [0.15, 0.2) is 0 Å². The molecule has 0 spiro atoms. The van der Waals surface area contributed by atoms with Crippen molar-refractivity contribution in [3.05, 3.63) is 22.0 Å². The highest BCUT2D eigenvalue weighted by atomic mass is 16.7. The molecule has 29 heavy (non-hydrogen) atoms. The van der Waals surface area contributed by atoms with Crippen LogP contribution in [0, 0.1) is 20.9 Å². The summed E-state index contributed by atoms with van der Waals surface area (Å²) in [5.41, 5.74) is 3.20. The quantitative estimate of drug-likeness (QED) is 0.183. The molecule has 1 aliphatic heterocycles. The molecule has 2 amide bonds.